The molecule has 100 valence electrons. The van der Waals surface area contributed by atoms with Crippen molar-refractivity contribution >= 4 is 27.0 Å². The van der Waals surface area contributed by atoms with Crippen molar-refractivity contribution < 1.29 is 8.42 Å². The zero-order chi connectivity index (χ0) is 14.0. The van der Waals surface area contributed by atoms with E-state index in [1.807, 2.05) is 36.4 Å². The molecule has 0 saturated heterocycles. The van der Waals surface area contributed by atoms with E-state index in [0.29, 0.717) is 11.4 Å². The fraction of sp³-hybridized carbons (Fsp3) is 0. The molecule has 1 aliphatic rings. The summed E-state index contributed by atoms with van der Waals surface area (Å²) in [6.07, 6.45) is 3.01. The summed E-state index contributed by atoms with van der Waals surface area (Å²) in [5, 5.41) is 7.28. The molecule has 1 aliphatic heterocycles. The van der Waals surface area contributed by atoms with Crippen molar-refractivity contribution in [2.24, 2.45) is 5.10 Å². The topological polar surface area (TPSA) is 71.4 Å². The van der Waals surface area contributed by atoms with Gasteiger partial charge in [-0.2, -0.15) is 5.10 Å². The summed E-state index contributed by atoms with van der Waals surface area (Å²) in [5.74, 6) is 0. The van der Waals surface area contributed by atoms with E-state index >= 15 is 0 Å². The van der Waals surface area contributed by atoms with E-state index in [0.717, 1.165) is 21.7 Å². The number of hydrazone groups is 1. The molecule has 5 nitrogen and oxygen atoms in total. The number of pyridine rings is 1. The molecule has 0 fully saturated rings. The van der Waals surface area contributed by atoms with Crippen LogP contribution in [-0.2, 0) is 9.84 Å². The lowest BCUT2D eigenvalue weighted by Crippen LogP contribution is -2.03. The van der Waals surface area contributed by atoms with Crippen molar-refractivity contribution in [3.05, 3.63) is 64.7 Å². The van der Waals surface area contributed by atoms with Gasteiger partial charge in [0.05, 0.1) is 28.5 Å². The van der Waals surface area contributed by atoms with E-state index < -0.39 is 9.84 Å². The average molecular weight is 285 g/mol. The number of sulfone groups is 1. The van der Waals surface area contributed by atoms with Crippen molar-refractivity contribution in [2.45, 2.75) is 0 Å². The molecule has 0 bridgehead atoms. The minimum absolute atomic E-state index is 0.432. The van der Waals surface area contributed by atoms with Gasteiger partial charge in [0.2, 0.25) is 0 Å². The van der Waals surface area contributed by atoms with Crippen molar-refractivity contribution in [3.63, 3.8) is 0 Å². The molecule has 3 rings (SSSR count). The second-order valence-corrected chi connectivity index (χ2v) is 5.95. The van der Waals surface area contributed by atoms with Gasteiger partial charge < -0.3 is 0 Å². The first-order valence-electron chi connectivity index (χ1n) is 5.92. The van der Waals surface area contributed by atoms with Crippen LogP contribution in [0.15, 0.2) is 64.1 Å². The SMILES string of the molecule is O=S1(=O)C=CC(N/N=C\c2ccc3ccccc3n2)=C1. The second kappa shape index (κ2) is 4.90. The van der Waals surface area contributed by atoms with E-state index in [9.17, 15) is 8.42 Å². The molecular weight excluding hydrogens is 274 g/mol. The Hall–Kier alpha value is -2.47. The average Bonchev–Trinajstić information content (AvgIpc) is 2.78. The van der Waals surface area contributed by atoms with Crippen LogP contribution < -0.4 is 5.43 Å². The van der Waals surface area contributed by atoms with Crippen LogP contribution in [-0.4, -0.2) is 19.6 Å². The molecule has 0 aliphatic carbocycles. The third kappa shape index (κ3) is 2.75. The lowest BCUT2D eigenvalue weighted by atomic mass is 10.2. The van der Waals surface area contributed by atoms with Gasteiger partial charge in [0.1, 0.15) is 0 Å². The van der Waals surface area contributed by atoms with Crippen molar-refractivity contribution in [3.8, 4) is 0 Å². The van der Waals surface area contributed by atoms with E-state index in [-0.39, 0.29) is 0 Å². The third-order valence-corrected chi connectivity index (χ3v) is 3.84. The summed E-state index contributed by atoms with van der Waals surface area (Å²) in [6.45, 7) is 0. The van der Waals surface area contributed by atoms with Crippen LogP contribution in [0, 0.1) is 0 Å². The van der Waals surface area contributed by atoms with Gasteiger partial charge in [0.25, 0.3) is 0 Å². The van der Waals surface area contributed by atoms with E-state index in [4.69, 9.17) is 0 Å². The minimum atomic E-state index is -3.21. The number of aromatic nitrogens is 1. The summed E-state index contributed by atoms with van der Waals surface area (Å²) in [5.41, 5.74) is 4.67. The first kappa shape index (κ1) is 12.6. The molecule has 0 atom stereocenters. The zero-order valence-electron chi connectivity index (χ0n) is 10.4. The highest BCUT2D eigenvalue weighted by atomic mass is 32.2. The van der Waals surface area contributed by atoms with Crippen LogP contribution in [0.4, 0.5) is 0 Å². The van der Waals surface area contributed by atoms with E-state index in [2.05, 4.69) is 15.5 Å². The monoisotopic (exact) mass is 285 g/mol. The third-order valence-electron chi connectivity index (χ3n) is 2.74. The lowest BCUT2D eigenvalue weighted by Gasteiger charge is -1.99. The number of hydrogen-bond acceptors (Lipinski definition) is 5. The smallest absolute Gasteiger partial charge is 0.195 e. The van der Waals surface area contributed by atoms with Crippen LogP contribution in [0.2, 0.25) is 0 Å². The number of rotatable bonds is 3. The molecular formula is C14H11N3O2S. The van der Waals surface area contributed by atoms with Crippen molar-refractivity contribution in [2.75, 3.05) is 0 Å². The number of nitrogens with one attached hydrogen (secondary N) is 1. The standard InChI is InChI=1S/C14H11N3O2S/c18-20(19)8-7-13(10-20)17-15-9-12-6-5-11-3-1-2-4-14(11)16-12/h1-10,17H/b15-9-. The van der Waals surface area contributed by atoms with E-state index in [1.165, 1.54) is 6.08 Å². The number of hydrogen-bond donors (Lipinski definition) is 1. The number of benzene rings is 1. The molecule has 0 spiro atoms. The lowest BCUT2D eigenvalue weighted by molar-refractivity contribution is 0.613. The summed E-state index contributed by atoms with van der Waals surface area (Å²) in [6, 6.07) is 11.6. The highest BCUT2D eigenvalue weighted by molar-refractivity contribution is 7.97. The molecule has 0 unspecified atom stereocenters. The van der Waals surface area contributed by atoms with Crippen LogP contribution in [0.25, 0.3) is 10.9 Å². The number of nitrogens with zero attached hydrogens (tertiary/aromatic N) is 2. The van der Waals surface area contributed by atoms with Gasteiger partial charge in [-0.05, 0) is 18.2 Å². The molecule has 0 saturated carbocycles. The predicted octanol–water partition coefficient (Wildman–Crippen LogP) is 1.94. The Labute approximate surface area is 116 Å². The molecule has 2 aromatic rings. The Morgan fingerprint density at radius 1 is 1.15 bits per heavy atom. The van der Waals surface area contributed by atoms with Gasteiger partial charge in [-0.3, -0.25) is 5.43 Å². The van der Waals surface area contributed by atoms with Crippen molar-refractivity contribution in [1.82, 2.24) is 10.4 Å². The summed E-state index contributed by atoms with van der Waals surface area (Å²) >= 11 is 0. The highest BCUT2D eigenvalue weighted by Gasteiger charge is 2.09. The van der Waals surface area contributed by atoms with Crippen LogP contribution >= 0.6 is 0 Å². The zero-order valence-corrected chi connectivity index (χ0v) is 11.2. The van der Waals surface area contributed by atoms with Crippen LogP contribution in [0.1, 0.15) is 5.69 Å². The van der Waals surface area contributed by atoms with Crippen LogP contribution in [0.3, 0.4) is 0 Å². The summed E-state index contributed by atoms with van der Waals surface area (Å²) in [7, 11) is -3.21. The second-order valence-electron chi connectivity index (χ2n) is 4.26. The van der Waals surface area contributed by atoms with Gasteiger partial charge >= 0.3 is 0 Å². The number of para-hydroxylation sites is 1. The first-order chi connectivity index (χ1) is 9.62. The maximum absolute atomic E-state index is 11.2. The van der Waals surface area contributed by atoms with Gasteiger partial charge in [-0.15, -0.1) is 0 Å². The summed E-state index contributed by atoms with van der Waals surface area (Å²) in [4.78, 5) is 4.42. The molecule has 1 aromatic carbocycles. The molecule has 0 amide bonds. The largest absolute Gasteiger partial charge is 0.278 e. The van der Waals surface area contributed by atoms with E-state index in [1.54, 1.807) is 6.21 Å². The Kier molecular flexibility index (Phi) is 3.08. The van der Waals surface area contributed by atoms with Gasteiger partial charge in [-0.1, -0.05) is 24.3 Å². The highest BCUT2D eigenvalue weighted by Crippen LogP contribution is 2.11. The fourth-order valence-corrected chi connectivity index (χ4v) is 2.71. The molecule has 20 heavy (non-hydrogen) atoms. The molecule has 2 heterocycles. The maximum atomic E-state index is 11.2. The normalized spacial score (nSPS) is 16.7. The Morgan fingerprint density at radius 3 is 2.80 bits per heavy atom. The minimum Gasteiger partial charge on any atom is -0.278 e. The van der Waals surface area contributed by atoms with Gasteiger partial charge in [0.15, 0.2) is 9.84 Å². The van der Waals surface area contributed by atoms with Gasteiger partial charge in [0, 0.05) is 10.8 Å². The molecule has 1 aromatic heterocycles. The first-order valence-corrected chi connectivity index (χ1v) is 7.53. The quantitative estimate of drug-likeness (QED) is 0.691. The molecule has 1 N–H and O–H groups in total. The number of fused-ring (bicyclic) bond motifs is 1. The maximum Gasteiger partial charge on any atom is 0.195 e. The Morgan fingerprint density at radius 2 is 2.00 bits per heavy atom. The molecule has 0 radical (unpaired) electrons. The van der Waals surface area contributed by atoms with Crippen molar-refractivity contribution in [1.29, 1.82) is 0 Å². The summed E-state index contributed by atoms with van der Waals surface area (Å²) < 4.78 is 22.3. The number of allylic oxidation sites excluding steroid dienone is 1. The predicted molar refractivity (Wildman–Crippen MR) is 78.6 cm³/mol. The Bertz CT molecular complexity index is 852. The van der Waals surface area contributed by atoms with Gasteiger partial charge in [-0.25, -0.2) is 13.4 Å². The molecule has 6 heteroatoms. The Balaban J connectivity index is 1.77. The fourth-order valence-electron chi connectivity index (χ4n) is 1.81. The van der Waals surface area contributed by atoms with Crippen LogP contribution in [0.5, 0.6) is 0 Å².